The number of H-pyrrole nitrogens is 1. The number of aromatic nitrogens is 1. The van der Waals surface area contributed by atoms with Crippen LogP contribution in [0, 0.1) is 0 Å². The van der Waals surface area contributed by atoms with Crippen LogP contribution >= 0.6 is 0 Å². The summed E-state index contributed by atoms with van der Waals surface area (Å²) in [6.07, 6.45) is 0. The van der Waals surface area contributed by atoms with E-state index in [0.717, 1.165) is 11.6 Å². The van der Waals surface area contributed by atoms with E-state index < -0.39 is 11.5 Å². The van der Waals surface area contributed by atoms with Gasteiger partial charge in [0.2, 0.25) is 0 Å². The first-order valence-electron chi connectivity index (χ1n) is 6.47. The summed E-state index contributed by atoms with van der Waals surface area (Å²) in [5.74, 6) is -0.788. The minimum Gasteiger partial charge on any atom is -0.494 e. The first-order valence-corrected chi connectivity index (χ1v) is 6.47. The number of aliphatic hydroxyl groups excluding tert-OH is 1. The number of hydrogen-bond donors (Lipinski definition) is 3. The van der Waals surface area contributed by atoms with Gasteiger partial charge in [0.15, 0.2) is 5.88 Å². The third-order valence-electron chi connectivity index (χ3n) is 2.95. The predicted octanol–water partition coefficient (Wildman–Crippen LogP) is 0.715. The maximum Gasteiger partial charge on any atom is 0.254 e. The number of carbonyl (C=O) groups is 1. The molecule has 21 heavy (non-hydrogen) atoms. The van der Waals surface area contributed by atoms with E-state index in [1.807, 2.05) is 30.3 Å². The molecule has 0 bridgehead atoms. The molecule has 0 aliphatic carbocycles. The van der Waals surface area contributed by atoms with Crippen molar-refractivity contribution in [2.45, 2.75) is 6.54 Å². The SMILES string of the molecule is O=C(c1cc(O)[nH]c(=O)c1)N(CCO)Cc1ccccc1. The summed E-state index contributed by atoms with van der Waals surface area (Å²) in [4.78, 5) is 27.3. The molecule has 0 saturated carbocycles. The van der Waals surface area contributed by atoms with Gasteiger partial charge in [-0.15, -0.1) is 0 Å². The Morgan fingerprint density at radius 3 is 2.52 bits per heavy atom. The van der Waals surface area contributed by atoms with Crippen LogP contribution in [0.5, 0.6) is 5.88 Å². The number of aromatic amines is 1. The van der Waals surface area contributed by atoms with Gasteiger partial charge in [0.25, 0.3) is 11.5 Å². The summed E-state index contributed by atoms with van der Waals surface area (Å²) < 4.78 is 0. The van der Waals surface area contributed by atoms with Crippen LogP contribution in [0.4, 0.5) is 0 Å². The monoisotopic (exact) mass is 288 g/mol. The Kier molecular flexibility index (Phi) is 4.73. The van der Waals surface area contributed by atoms with Crippen LogP contribution in [-0.4, -0.2) is 39.2 Å². The smallest absolute Gasteiger partial charge is 0.254 e. The number of aromatic hydroxyl groups is 1. The van der Waals surface area contributed by atoms with Gasteiger partial charge in [-0.1, -0.05) is 30.3 Å². The Labute approximate surface area is 121 Å². The van der Waals surface area contributed by atoms with E-state index in [4.69, 9.17) is 5.11 Å². The third-order valence-corrected chi connectivity index (χ3v) is 2.95. The molecule has 0 fully saturated rings. The molecular formula is C15H16N2O4. The molecule has 6 heteroatoms. The average Bonchev–Trinajstić information content (AvgIpc) is 2.46. The maximum atomic E-state index is 12.4. The molecule has 0 spiro atoms. The van der Waals surface area contributed by atoms with Crippen molar-refractivity contribution in [1.82, 2.24) is 9.88 Å². The molecule has 0 saturated heterocycles. The predicted molar refractivity (Wildman–Crippen MR) is 77.0 cm³/mol. The Bertz CT molecular complexity index is 667. The number of carbonyl (C=O) groups excluding carboxylic acids is 1. The van der Waals surface area contributed by atoms with Crippen molar-refractivity contribution in [3.05, 3.63) is 63.9 Å². The summed E-state index contributed by atoms with van der Waals surface area (Å²) in [6, 6.07) is 11.6. The minimum atomic E-state index is -0.554. The van der Waals surface area contributed by atoms with Crippen LogP contribution in [0.25, 0.3) is 0 Å². The fourth-order valence-corrected chi connectivity index (χ4v) is 2.01. The van der Waals surface area contributed by atoms with Crippen molar-refractivity contribution in [2.24, 2.45) is 0 Å². The fraction of sp³-hybridized carbons (Fsp3) is 0.200. The zero-order valence-corrected chi connectivity index (χ0v) is 11.3. The molecule has 2 aromatic rings. The normalized spacial score (nSPS) is 10.3. The topological polar surface area (TPSA) is 93.6 Å². The second-order valence-electron chi connectivity index (χ2n) is 4.55. The molecule has 0 atom stereocenters. The third kappa shape index (κ3) is 3.93. The Morgan fingerprint density at radius 1 is 1.19 bits per heavy atom. The van der Waals surface area contributed by atoms with Gasteiger partial charge in [-0.2, -0.15) is 0 Å². The Hall–Kier alpha value is -2.60. The first-order chi connectivity index (χ1) is 10.1. The maximum absolute atomic E-state index is 12.4. The first kappa shape index (κ1) is 14.8. The van der Waals surface area contributed by atoms with Crippen LogP contribution in [0.3, 0.4) is 0 Å². The van der Waals surface area contributed by atoms with Crippen molar-refractivity contribution < 1.29 is 15.0 Å². The van der Waals surface area contributed by atoms with E-state index in [1.54, 1.807) is 0 Å². The second-order valence-corrected chi connectivity index (χ2v) is 4.55. The fourth-order valence-electron chi connectivity index (χ4n) is 2.01. The van der Waals surface area contributed by atoms with Crippen LogP contribution in [0.15, 0.2) is 47.3 Å². The summed E-state index contributed by atoms with van der Waals surface area (Å²) in [5, 5.41) is 18.5. The van der Waals surface area contributed by atoms with Gasteiger partial charge in [-0.25, -0.2) is 0 Å². The largest absolute Gasteiger partial charge is 0.494 e. The lowest BCUT2D eigenvalue weighted by atomic mass is 10.2. The molecule has 0 aliphatic heterocycles. The summed E-state index contributed by atoms with van der Waals surface area (Å²) in [7, 11) is 0. The number of rotatable bonds is 5. The number of nitrogens with zero attached hydrogens (tertiary/aromatic N) is 1. The van der Waals surface area contributed by atoms with E-state index in [0.29, 0.717) is 6.54 Å². The molecule has 1 aromatic carbocycles. The van der Waals surface area contributed by atoms with Gasteiger partial charge in [-0.3, -0.25) is 14.6 Å². The zero-order valence-electron chi connectivity index (χ0n) is 11.3. The van der Waals surface area contributed by atoms with Gasteiger partial charge in [0.05, 0.1) is 12.2 Å². The minimum absolute atomic E-state index is 0.0839. The summed E-state index contributed by atoms with van der Waals surface area (Å²) in [5.41, 5.74) is 0.441. The van der Waals surface area contributed by atoms with E-state index in [9.17, 15) is 14.7 Å². The quantitative estimate of drug-likeness (QED) is 0.755. The van der Waals surface area contributed by atoms with E-state index in [2.05, 4.69) is 4.98 Å². The number of aliphatic hydroxyl groups is 1. The number of amides is 1. The lowest BCUT2D eigenvalue weighted by Crippen LogP contribution is -2.33. The standard InChI is InChI=1S/C15H16N2O4/c18-7-6-17(10-11-4-2-1-3-5-11)15(21)12-8-13(19)16-14(20)9-12/h1-5,8-9,18H,6-7,10H2,(H2,16,19,20). The van der Waals surface area contributed by atoms with Gasteiger partial charge in [-0.05, 0) is 5.56 Å². The zero-order chi connectivity index (χ0) is 15.2. The lowest BCUT2D eigenvalue weighted by molar-refractivity contribution is 0.0707. The van der Waals surface area contributed by atoms with Crippen molar-refractivity contribution in [3.63, 3.8) is 0 Å². The van der Waals surface area contributed by atoms with Gasteiger partial charge in [0.1, 0.15) is 0 Å². The molecule has 0 unspecified atom stereocenters. The Morgan fingerprint density at radius 2 is 1.90 bits per heavy atom. The molecule has 3 N–H and O–H groups in total. The summed E-state index contributed by atoms with van der Waals surface area (Å²) >= 11 is 0. The van der Waals surface area contributed by atoms with E-state index in [-0.39, 0.29) is 24.6 Å². The van der Waals surface area contributed by atoms with Crippen LogP contribution in [0.1, 0.15) is 15.9 Å². The van der Waals surface area contributed by atoms with E-state index in [1.165, 1.54) is 11.0 Å². The van der Waals surface area contributed by atoms with Crippen molar-refractivity contribution >= 4 is 5.91 Å². The molecule has 110 valence electrons. The van der Waals surface area contributed by atoms with Crippen molar-refractivity contribution in [1.29, 1.82) is 0 Å². The van der Waals surface area contributed by atoms with Crippen LogP contribution in [-0.2, 0) is 6.54 Å². The number of hydrogen-bond acceptors (Lipinski definition) is 4. The molecule has 0 radical (unpaired) electrons. The second kappa shape index (κ2) is 6.71. The molecule has 0 aliphatic rings. The number of benzene rings is 1. The molecule has 1 aromatic heterocycles. The molecule has 1 heterocycles. The lowest BCUT2D eigenvalue weighted by Gasteiger charge is -2.22. The number of nitrogens with one attached hydrogen (secondary N) is 1. The summed E-state index contributed by atoms with van der Waals surface area (Å²) in [6.45, 7) is 0.267. The molecule has 6 nitrogen and oxygen atoms in total. The molecule has 1 amide bonds. The van der Waals surface area contributed by atoms with E-state index >= 15 is 0 Å². The van der Waals surface area contributed by atoms with Crippen molar-refractivity contribution in [2.75, 3.05) is 13.2 Å². The highest BCUT2D eigenvalue weighted by molar-refractivity contribution is 5.94. The van der Waals surface area contributed by atoms with Gasteiger partial charge < -0.3 is 15.1 Å². The van der Waals surface area contributed by atoms with Crippen LogP contribution < -0.4 is 5.56 Å². The van der Waals surface area contributed by atoms with Crippen LogP contribution in [0.2, 0.25) is 0 Å². The van der Waals surface area contributed by atoms with Gasteiger partial charge >= 0.3 is 0 Å². The average molecular weight is 288 g/mol. The highest BCUT2D eigenvalue weighted by atomic mass is 16.3. The molecule has 2 rings (SSSR count). The van der Waals surface area contributed by atoms with Gasteiger partial charge in [0, 0.05) is 25.2 Å². The highest BCUT2D eigenvalue weighted by Gasteiger charge is 2.17. The Balaban J connectivity index is 2.24. The molecular weight excluding hydrogens is 272 g/mol. The number of pyridine rings is 1. The van der Waals surface area contributed by atoms with Crippen molar-refractivity contribution in [3.8, 4) is 5.88 Å². The highest BCUT2D eigenvalue weighted by Crippen LogP contribution is 2.11.